The summed E-state index contributed by atoms with van der Waals surface area (Å²) < 4.78 is 0. The first kappa shape index (κ1) is 11.0. The van der Waals surface area contributed by atoms with Gasteiger partial charge in [0.2, 0.25) is 0 Å². The Bertz CT molecular complexity index is 398. The highest BCUT2D eigenvalue weighted by molar-refractivity contribution is 5.99. The lowest BCUT2D eigenvalue weighted by Gasteiger charge is -2.26. The Morgan fingerprint density at radius 2 is 2.25 bits per heavy atom. The van der Waals surface area contributed by atoms with E-state index in [9.17, 15) is 4.79 Å². The first-order valence-corrected chi connectivity index (χ1v) is 5.50. The standard InChI is InChI=1S/C12H16N2O2/c1-9-5-4-6-10(11(9)13)12(15)14-7-2-3-8-16-14/h4-6H,2-3,7-8,13H2,1H3. The molecule has 0 radical (unpaired) electrons. The number of carbonyl (C=O) groups is 1. The Labute approximate surface area is 94.9 Å². The summed E-state index contributed by atoms with van der Waals surface area (Å²) in [6.45, 7) is 3.15. The molecule has 86 valence electrons. The summed E-state index contributed by atoms with van der Waals surface area (Å²) in [5.74, 6) is -0.138. The fourth-order valence-corrected chi connectivity index (χ4v) is 1.76. The molecule has 0 atom stereocenters. The normalized spacial score (nSPS) is 16.2. The summed E-state index contributed by atoms with van der Waals surface area (Å²) in [6, 6.07) is 5.47. The topological polar surface area (TPSA) is 55.6 Å². The summed E-state index contributed by atoms with van der Waals surface area (Å²) in [4.78, 5) is 17.4. The minimum Gasteiger partial charge on any atom is -0.398 e. The zero-order chi connectivity index (χ0) is 11.5. The number of amides is 1. The lowest BCUT2D eigenvalue weighted by molar-refractivity contribution is -0.144. The van der Waals surface area contributed by atoms with E-state index < -0.39 is 0 Å². The number of aryl methyl sites for hydroxylation is 1. The summed E-state index contributed by atoms with van der Waals surface area (Å²) in [5.41, 5.74) is 7.88. The maximum Gasteiger partial charge on any atom is 0.279 e. The number of benzene rings is 1. The van der Waals surface area contributed by atoms with Crippen LogP contribution in [0, 0.1) is 6.92 Å². The number of rotatable bonds is 1. The van der Waals surface area contributed by atoms with Gasteiger partial charge >= 0.3 is 0 Å². The van der Waals surface area contributed by atoms with Gasteiger partial charge in [-0.3, -0.25) is 9.63 Å². The van der Waals surface area contributed by atoms with Crippen LogP contribution in [0.1, 0.15) is 28.8 Å². The lowest BCUT2D eigenvalue weighted by atomic mass is 10.1. The van der Waals surface area contributed by atoms with Gasteiger partial charge in [0.25, 0.3) is 5.91 Å². The number of nitrogens with two attached hydrogens (primary N) is 1. The molecular weight excluding hydrogens is 204 g/mol. The molecule has 2 N–H and O–H groups in total. The van der Waals surface area contributed by atoms with E-state index in [1.165, 1.54) is 5.06 Å². The number of anilines is 1. The van der Waals surface area contributed by atoms with Crippen molar-refractivity contribution < 1.29 is 9.63 Å². The van der Waals surface area contributed by atoms with Crippen LogP contribution in [0.15, 0.2) is 18.2 Å². The molecule has 0 aliphatic carbocycles. The molecule has 1 aliphatic rings. The molecule has 1 amide bonds. The molecule has 0 unspecified atom stereocenters. The Hall–Kier alpha value is -1.55. The van der Waals surface area contributed by atoms with Gasteiger partial charge in [-0.15, -0.1) is 0 Å². The molecule has 1 heterocycles. The van der Waals surface area contributed by atoms with Crippen molar-refractivity contribution in [3.05, 3.63) is 29.3 Å². The third-order valence-corrected chi connectivity index (χ3v) is 2.78. The molecule has 4 heteroatoms. The predicted octanol–water partition coefficient (Wildman–Crippen LogP) is 1.74. The third-order valence-electron chi connectivity index (χ3n) is 2.78. The second-order valence-electron chi connectivity index (χ2n) is 3.98. The van der Waals surface area contributed by atoms with Gasteiger partial charge in [0.15, 0.2) is 0 Å². The van der Waals surface area contributed by atoms with E-state index in [4.69, 9.17) is 10.6 Å². The summed E-state index contributed by atoms with van der Waals surface area (Å²) in [6.07, 6.45) is 1.99. The fraction of sp³-hybridized carbons (Fsp3) is 0.417. The van der Waals surface area contributed by atoms with E-state index in [1.807, 2.05) is 19.1 Å². The maximum absolute atomic E-state index is 12.1. The van der Waals surface area contributed by atoms with Gasteiger partial charge in [-0.25, -0.2) is 5.06 Å². The second-order valence-corrected chi connectivity index (χ2v) is 3.98. The molecule has 0 bridgehead atoms. The Morgan fingerprint density at radius 3 is 2.94 bits per heavy atom. The first-order chi connectivity index (χ1) is 7.70. The minimum atomic E-state index is -0.138. The average molecular weight is 220 g/mol. The molecule has 2 rings (SSSR count). The van der Waals surface area contributed by atoms with Crippen LogP contribution in [0.2, 0.25) is 0 Å². The Kier molecular flexibility index (Phi) is 3.10. The minimum absolute atomic E-state index is 0.138. The quantitative estimate of drug-likeness (QED) is 0.733. The van der Waals surface area contributed by atoms with Crippen molar-refractivity contribution in [3.63, 3.8) is 0 Å². The highest BCUT2D eigenvalue weighted by Gasteiger charge is 2.21. The Balaban J connectivity index is 2.22. The van der Waals surface area contributed by atoms with Gasteiger partial charge in [-0.1, -0.05) is 12.1 Å². The van der Waals surface area contributed by atoms with Crippen molar-refractivity contribution in [1.82, 2.24) is 5.06 Å². The fourth-order valence-electron chi connectivity index (χ4n) is 1.76. The molecule has 1 aromatic carbocycles. The first-order valence-electron chi connectivity index (χ1n) is 5.50. The number of carbonyl (C=O) groups excluding carboxylic acids is 1. The summed E-state index contributed by atoms with van der Waals surface area (Å²) in [7, 11) is 0. The van der Waals surface area contributed by atoms with Gasteiger partial charge in [0, 0.05) is 12.2 Å². The van der Waals surface area contributed by atoms with Crippen molar-refractivity contribution in [2.75, 3.05) is 18.9 Å². The molecule has 1 saturated heterocycles. The van der Waals surface area contributed by atoms with Crippen molar-refractivity contribution >= 4 is 11.6 Å². The number of nitrogens with zero attached hydrogens (tertiary/aromatic N) is 1. The zero-order valence-corrected chi connectivity index (χ0v) is 9.40. The lowest BCUT2D eigenvalue weighted by Crippen LogP contribution is -2.36. The molecule has 0 spiro atoms. The van der Waals surface area contributed by atoms with Gasteiger partial charge in [0.05, 0.1) is 12.2 Å². The van der Waals surface area contributed by atoms with E-state index >= 15 is 0 Å². The summed E-state index contributed by atoms with van der Waals surface area (Å²) in [5, 5.41) is 1.41. The van der Waals surface area contributed by atoms with E-state index in [2.05, 4.69) is 0 Å². The number of para-hydroxylation sites is 1. The van der Waals surface area contributed by atoms with Crippen LogP contribution in [0.4, 0.5) is 5.69 Å². The molecule has 1 fully saturated rings. The number of nitrogen functional groups attached to an aromatic ring is 1. The number of hydroxylamine groups is 2. The molecule has 1 aromatic rings. The molecule has 4 nitrogen and oxygen atoms in total. The van der Waals surface area contributed by atoms with Crippen LogP contribution >= 0.6 is 0 Å². The van der Waals surface area contributed by atoms with Crippen LogP contribution in [0.3, 0.4) is 0 Å². The van der Waals surface area contributed by atoms with Gasteiger partial charge in [0.1, 0.15) is 0 Å². The predicted molar refractivity (Wildman–Crippen MR) is 61.8 cm³/mol. The highest BCUT2D eigenvalue weighted by Crippen LogP contribution is 2.20. The van der Waals surface area contributed by atoms with Gasteiger partial charge in [-0.05, 0) is 31.4 Å². The summed E-state index contributed by atoms with van der Waals surface area (Å²) >= 11 is 0. The SMILES string of the molecule is Cc1cccc(C(=O)N2CCCCO2)c1N. The van der Waals surface area contributed by atoms with Crippen molar-refractivity contribution in [1.29, 1.82) is 0 Å². The van der Waals surface area contributed by atoms with E-state index in [0.29, 0.717) is 24.4 Å². The van der Waals surface area contributed by atoms with E-state index in [0.717, 1.165) is 18.4 Å². The third kappa shape index (κ3) is 2.02. The van der Waals surface area contributed by atoms with E-state index in [-0.39, 0.29) is 5.91 Å². The van der Waals surface area contributed by atoms with Crippen LogP contribution in [-0.4, -0.2) is 24.1 Å². The number of hydrogen-bond acceptors (Lipinski definition) is 3. The molecule has 16 heavy (non-hydrogen) atoms. The van der Waals surface area contributed by atoms with Crippen LogP contribution in [0.25, 0.3) is 0 Å². The highest BCUT2D eigenvalue weighted by atomic mass is 16.7. The van der Waals surface area contributed by atoms with Crippen LogP contribution < -0.4 is 5.73 Å². The molecule has 0 saturated carbocycles. The van der Waals surface area contributed by atoms with Crippen molar-refractivity contribution in [3.8, 4) is 0 Å². The number of hydrogen-bond donors (Lipinski definition) is 1. The maximum atomic E-state index is 12.1. The van der Waals surface area contributed by atoms with Gasteiger partial charge < -0.3 is 5.73 Å². The molecular formula is C12H16N2O2. The van der Waals surface area contributed by atoms with E-state index in [1.54, 1.807) is 6.07 Å². The molecule has 1 aliphatic heterocycles. The van der Waals surface area contributed by atoms with Crippen LogP contribution in [0.5, 0.6) is 0 Å². The largest absolute Gasteiger partial charge is 0.398 e. The van der Waals surface area contributed by atoms with Gasteiger partial charge in [-0.2, -0.15) is 0 Å². The zero-order valence-electron chi connectivity index (χ0n) is 9.40. The molecule has 0 aromatic heterocycles. The Morgan fingerprint density at radius 1 is 1.44 bits per heavy atom. The second kappa shape index (κ2) is 4.53. The van der Waals surface area contributed by atoms with Crippen LogP contribution in [-0.2, 0) is 4.84 Å². The monoisotopic (exact) mass is 220 g/mol. The van der Waals surface area contributed by atoms with Crippen molar-refractivity contribution in [2.45, 2.75) is 19.8 Å². The smallest absolute Gasteiger partial charge is 0.279 e. The van der Waals surface area contributed by atoms with Crippen molar-refractivity contribution in [2.24, 2.45) is 0 Å². The average Bonchev–Trinajstić information content (AvgIpc) is 2.33.